The smallest absolute Gasteiger partial charge is 0.211 e. The Morgan fingerprint density at radius 3 is 1.21 bits per heavy atom. The van der Waals surface area contributed by atoms with E-state index in [1.54, 1.807) is 0 Å². The Kier molecular flexibility index (Phi) is 16.7. The fourth-order valence-electron chi connectivity index (χ4n) is 11.5. The molecule has 0 spiro atoms. The largest absolute Gasteiger partial charge is 0.508 e. The van der Waals surface area contributed by atoms with Gasteiger partial charge in [0.1, 0.15) is 75.8 Å². The highest BCUT2D eigenvalue weighted by Gasteiger charge is 2.49. The van der Waals surface area contributed by atoms with Crippen LogP contribution >= 0.6 is 0 Å². The molecule has 3 aliphatic heterocycles. The molecule has 500 valence electrons. The third-order valence-electron chi connectivity index (χ3n) is 16.1. The van der Waals surface area contributed by atoms with Crippen molar-refractivity contribution in [1.82, 2.24) is 0 Å². The van der Waals surface area contributed by atoms with Crippen molar-refractivity contribution in [3.63, 3.8) is 0 Å². The summed E-state index contributed by atoms with van der Waals surface area (Å²) in [4.78, 5) is 0. The normalized spacial score (nSPS) is 18.5. The Labute approximate surface area is 538 Å². The molecular formula is C66H56O30. The lowest BCUT2D eigenvalue weighted by atomic mass is 9.77. The minimum Gasteiger partial charge on any atom is -0.508 e. The van der Waals surface area contributed by atoms with Gasteiger partial charge in [0.25, 0.3) is 0 Å². The van der Waals surface area contributed by atoms with Crippen molar-refractivity contribution in [3.05, 3.63) is 154 Å². The number of phenols is 20. The van der Waals surface area contributed by atoms with Gasteiger partial charge in [0, 0.05) is 95.8 Å². The zero-order valence-corrected chi connectivity index (χ0v) is 49.1. The molecular weight excluding hydrogens is 1270 g/mol. The van der Waals surface area contributed by atoms with Gasteiger partial charge in [-0.05, 0) is 53.1 Å². The predicted octanol–water partition coefficient (Wildman–Crippen LogP) is 8.47. The third-order valence-corrected chi connectivity index (χ3v) is 16.1. The van der Waals surface area contributed by atoms with Crippen LogP contribution in [-0.2, 0) is 27.1 Å². The number of hydrogen-bond donors (Lipinski definition) is 20. The molecule has 30 nitrogen and oxygen atoms in total. The van der Waals surface area contributed by atoms with Crippen LogP contribution in [0.1, 0.15) is 63.2 Å². The van der Waals surface area contributed by atoms with Crippen molar-refractivity contribution < 1.29 is 149 Å². The highest BCUT2D eigenvalue weighted by Crippen LogP contribution is 2.61. The van der Waals surface area contributed by atoms with E-state index in [0.29, 0.717) is 0 Å². The van der Waals surface area contributed by atoms with Gasteiger partial charge in [0.2, 0.25) is 23.0 Å². The number of ether oxygens (including phenoxy) is 10. The van der Waals surface area contributed by atoms with E-state index >= 15 is 0 Å². The van der Waals surface area contributed by atoms with E-state index in [-0.39, 0.29) is 79.9 Å². The second-order valence-corrected chi connectivity index (χ2v) is 22.1. The van der Waals surface area contributed by atoms with E-state index in [1.165, 1.54) is 18.2 Å². The summed E-state index contributed by atoms with van der Waals surface area (Å²) in [5, 5.41) is 216. The highest BCUT2D eigenvalue weighted by molar-refractivity contribution is 5.69. The van der Waals surface area contributed by atoms with Gasteiger partial charge < -0.3 is 149 Å². The lowest BCUT2D eigenvalue weighted by Gasteiger charge is -2.42. The number of benzene rings is 9. The van der Waals surface area contributed by atoms with Crippen LogP contribution in [0.25, 0.3) is 0 Å². The van der Waals surface area contributed by atoms with Crippen molar-refractivity contribution in [2.24, 2.45) is 0 Å². The summed E-state index contributed by atoms with van der Waals surface area (Å²) in [5.74, 6) is -18.6. The standard InChI is InChI=1S/C66H56O30/c67-28-10-41(75)54-51(11-28)94-62(27-3-6-36(70)40(74)9-27)66(92-24-89-31-16-47(81)59(86)48(82)17-31)56(54)55-42(76)21-50(33-19-53(91-23-88-30-14-45(79)58(85)46(80)15-30)60(95-63(33)55)25-1-4-34(68)38(72)7-25)93-65-49(83)20-37(71)32-18-52(90-22-87-29-12-43(77)57(84)44(78)13-29)61(96-64(32)65)26-2-5-35(69)39(73)8-26/h1-17,20-21,52-53,56,60-62,66-86H,18-19,22-24H2/t52-,53-,56-,60-,61-,62-,66-/m1/s1. The van der Waals surface area contributed by atoms with Gasteiger partial charge in [0.05, 0.1) is 5.92 Å². The quantitative estimate of drug-likeness (QED) is 0.0283. The molecule has 7 atom stereocenters. The zero-order chi connectivity index (χ0) is 68.3. The number of phenolic OH excluding ortho intramolecular Hbond substituents is 20. The Balaban J connectivity index is 1.03. The van der Waals surface area contributed by atoms with Gasteiger partial charge in [-0.15, -0.1) is 0 Å². The van der Waals surface area contributed by atoms with Gasteiger partial charge in [-0.25, -0.2) is 0 Å². The van der Waals surface area contributed by atoms with Gasteiger partial charge in [0.15, 0.2) is 119 Å². The third kappa shape index (κ3) is 12.1. The van der Waals surface area contributed by atoms with E-state index in [1.807, 2.05) is 0 Å². The fraction of sp³-hybridized carbons (Fsp3) is 0.182. The minimum atomic E-state index is -1.67. The molecule has 96 heavy (non-hydrogen) atoms. The van der Waals surface area contributed by atoms with Crippen LogP contribution in [0.2, 0.25) is 0 Å². The summed E-state index contributed by atoms with van der Waals surface area (Å²) in [6, 6.07) is 20.4. The van der Waals surface area contributed by atoms with Crippen molar-refractivity contribution in [2.45, 2.75) is 55.4 Å². The van der Waals surface area contributed by atoms with Gasteiger partial charge >= 0.3 is 0 Å². The maximum Gasteiger partial charge on any atom is 0.211 e. The molecule has 0 radical (unpaired) electrons. The van der Waals surface area contributed by atoms with Crippen LogP contribution in [0.3, 0.4) is 0 Å². The van der Waals surface area contributed by atoms with Crippen molar-refractivity contribution >= 4 is 0 Å². The molecule has 9 aromatic rings. The van der Waals surface area contributed by atoms with Crippen LogP contribution in [0.4, 0.5) is 0 Å². The zero-order valence-electron chi connectivity index (χ0n) is 49.1. The molecule has 30 heteroatoms. The van der Waals surface area contributed by atoms with Crippen LogP contribution in [-0.4, -0.2) is 141 Å². The number of fused-ring (bicyclic) bond motifs is 3. The first-order valence-corrected chi connectivity index (χ1v) is 28.5. The van der Waals surface area contributed by atoms with E-state index in [2.05, 4.69) is 0 Å². The van der Waals surface area contributed by atoms with E-state index in [0.717, 1.165) is 97.1 Å². The average molecular weight is 1330 g/mol. The summed E-state index contributed by atoms with van der Waals surface area (Å²) in [6.45, 7) is -2.28. The van der Waals surface area contributed by atoms with Gasteiger partial charge in [-0.2, -0.15) is 0 Å². The van der Waals surface area contributed by atoms with Crippen LogP contribution in [0, 0.1) is 0 Å². The molecule has 0 unspecified atom stereocenters. The van der Waals surface area contributed by atoms with E-state index in [9.17, 15) is 102 Å². The molecule has 20 N–H and O–H groups in total. The first-order valence-electron chi connectivity index (χ1n) is 28.5. The Morgan fingerprint density at radius 2 is 0.750 bits per heavy atom. The van der Waals surface area contributed by atoms with Crippen LogP contribution < -0.4 is 33.2 Å². The molecule has 12 rings (SSSR count). The van der Waals surface area contributed by atoms with Gasteiger partial charge in [-0.1, -0.05) is 18.2 Å². The Morgan fingerprint density at radius 1 is 0.333 bits per heavy atom. The second-order valence-electron chi connectivity index (χ2n) is 22.1. The Bertz CT molecular complexity index is 4450. The molecule has 0 amide bonds. The minimum absolute atomic E-state index is 0.0376. The summed E-state index contributed by atoms with van der Waals surface area (Å²) in [5.41, 5.74) is -0.547. The molecule has 0 aromatic heterocycles. The van der Waals surface area contributed by atoms with Crippen molar-refractivity contribution in [3.8, 4) is 161 Å². The second kappa shape index (κ2) is 25.2. The van der Waals surface area contributed by atoms with Crippen LogP contribution in [0.5, 0.6) is 161 Å². The van der Waals surface area contributed by atoms with E-state index < -0.39 is 196 Å². The number of rotatable bonds is 18. The molecule has 0 saturated heterocycles. The molecule has 0 bridgehead atoms. The lowest BCUT2D eigenvalue weighted by molar-refractivity contribution is -0.100. The fourth-order valence-corrected chi connectivity index (χ4v) is 11.5. The number of aromatic hydroxyl groups is 20. The molecule has 3 aliphatic rings. The summed E-state index contributed by atoms with van der Waals surface area (Å²) >= 11 is 0. The molecule has 0 fully saturated rings. The van der Waals surface area contributed by atoms with E-state index in [4.69, 9.17) is 47.4 Å². The Hall–Kier alpha value is -12.5. The lowest BCUT2D eigenvalue weighted by Crippen LogP contribution is -2.39. The van der Waals surface area contributed by atoms with Crippen molar-refractivity contribution in [1.29, 1.82) is 0 Å². The molecule has 0 aliphatic carbocycles. The first kappa shape index (κ1) is 63.6. The SMILES string of the molecule is Oc1cc(O)c2c(c1)O[C@H](c1ccc(O)c(O)c1)[C@H](OCOc1cc(O)c(O)c(O)c1)[C@H]2c1c(O)cc(Oc2c(O)cc(O)c3c2O[C@H](c2ccc(O)c(O)c2)[C@H](OCOc2cc(O)c(O)c(O)c2)C3)c2c1O[C@H](c1ccc(O)c(O)c1)[C@H](OCOc1cc(O)c(O)c(O)c1)C2. The summed E-state index contributed by atoms with van der Waals surface area (Å²) in [6.07, 6.45) is -9.46. The monoisotopic (exact) mass is 1330 g/mol. The summed E-state index contributed by atoms with van der Waals surface area (Å²) in [7, 11) is 0. The first-order chi connectivity index (χ1) is 45.8. The van der Waals surface area contributed by atoms with Crippen molar-refractivity contribution in [2.75, 3.05) is 20.4 Å². The maximum atomic E-state index is 13.1. The predicted molar refractivity (Wildman–Crippen MR) is 322 cm³/mol. The molecule has 9 aromatic carbocycles. The maximum absolute atomic E-state index is 13.1. The van der Waals surface area contributed by atoms with Crippen LogP contribution in [0.15, 0.2) is 115 Å². The van der Waals surface area contributed by atoms with Gasteiger partial charge in [-0.3, -0.25) is 0 Å². The molecule has 0 saturated carbocycles. The highest BCUT2D eigenvalue weighted by atomic mass is 16.7. The average Bonchev–Trinajstić information content (AvgIpc) is 0.724. The molecule has 3 heterocycles. The topological polar surface area (TPSA) is 497 Å². The summed E-state index contributed by atoms with van der Waals surface area (Å²) < 4.78 is 63.0. The number of hydrogen-bond acceptors (Lipinski definition) is 30.